The van der Waals surface area contributed by atoms with Crippen molar-refractivity contribution >= 4 is 0 Å². The first kappa shape index (κ1) is 13.8. The van der Waals surface area contributed by atoms with E-state index < -0.39 is 0 Å². The van der Waals surface area contributed by atoms with Gasteiger partial charge >= 0.3 is 0 Å². The molecule has 4 aliphatic rings. The highest BCUT2D eigenvalue weighted by atomic mass is 15.2. The van der Waals surface area contributed by atoms with Crippen LogP contribution >= 0.6 is 0 Å². The van der Waals surface area contributed by atoms with Crippen molar-refractivity contribution in [3.8, 4) is 0 Å². The SMILES string of the molecule is CNC(CCc1cnn(C)c1)C12CC3CC(CC(C3)C1)C2. The normalized spacial score (nSPS) is 38.9. The van der Waals surface area contributed by atoms with Gasteiger partial charge in [-0.05, 0) is 87.1 Å². The molecule has 1 aromatic rings. The molecule has 0 aliphatic heterocycles. The van der Waals surface area contributed by atoms with Crippen molar-refractivity contribution in [1.82, 2.24) is 15.1 Å². The highest BCUT2D eigenvalue weighted by molar-refractivity contribution is 5.09. The summed E-state index contributed by atoms with van der Waals surface area (Å²) in [5.41, 5.74) is 2.01. The topological polar surface area (TPSA) is 29.9 Å². The maximum absolute atomic E-state index is 4.31. The minimum Gasteiger partial charge on any atom is -0.316 e. The summed E-state index contributed by atoms with van der Waals surface area (Å²) in [4.78, 5) is 0. The summed E-state index contributed by atoms with van der Waals surface area (Å²) in [6.45, 7) is 0. The van der Waals surface area contributed by atoms with E-state index in [0.717, 1.165) is 17.8 Å². The lowest BCUT2D eigenvalue weighted by molar-refractivity contribution is -0.0738. The fraction of sp³-hybridized carbons (Fsp3) is 0.833. The van der Waals surface area contributed by atoms with Gasteiger partial charge in [-0.2, -0.15) is 5.10 Å². The molecule has 0 spiro atoms. The Kier molecular flexibility index (Phi) is 3.36. The van der Waals surface area contributed by atoms with Gasteiger partial charge in [0.1, 0.15) is 0 Å². The van der Waals surface area contributed by atoms with E-state index in [-0.39, 0.29) is 0 Å². The molecular weight excluding hydrogens is 258 g/mol. The fourth-order valence-electron chi connectivity index (χ4n) is 6.27. The van der Waals surface area contributed by atoms with E-state index in [2.05, 4.69) is 23.7 Å². The minimum atomic E-state index is 0.617. The van der Waals surface area contributed by atoms with Crippen LogP contribution in [0.5, 0.6) is 0 Å². The zero-order valence-corrected chi connectivity index (χ0v) is 13.5. The first-order valence-corrected chi connectivity index (χ1v) is 8.82. The molecule has 0 amide bonds. The average molecular weight is 287 g/mol. The lowest BCUT2D eigenvalue weighted by Crippen LogP contribution is -2.55. The third-order valence-electron chi connectivity index (χ3n) is 6.65. The summed E-state index contributed by atoms with van der Waals surface area (Å²) in [6, 6.07) is 0.700. The summed E-state index contributed by atoms with van der Waals surface area (Å²) < 4.78 is 1.93. The second kappa shape index (κ2) is 5.12. The lowest BCUT2D eigenvalue weighted by Gasteiger charge is -2.59. The average Bonchev–Trinajstić information content (AvgIpc) is 2.83. The van der Waals surface area contributed by atoms with Crippen LogP contribution in [0.1, 0.15) is 50.5 Å². The van der Waals surface area contributed by atoms with Crippen molar-refractivity contribution in [3.05, 3.63) is 18.0 Å². The van der Waals surface area contributed by atoms with Gasteiger partial charge in [0.25, 0.3) is 0 Å². The van der Waals surface area contributed by atoms with E-state index >= 15 is 0 Å². The van der Waals surface area contributed by atoms with E-state index in [4.69, 9.17) is 0 Å². The molecule has 3 heteroatoms. The maximum atomic E-state index is 4.31. The molecule has 0 aromatic carbocycles. The van der Waals surface area contributed by atoms with Crippen LogP contribution < -0.4 is 5.32 Å². The predicted molar refractivity (Wildman–Crippen MR) is 85.0 cm³/mol. The molecule has 1 aromatic heterocycles. The van der Waals surface area contributed by atoms with Crippen molar-refractivity contribution < 1.29 is 0 Å². The van der Waals surface area contributed by atoms with Crippen LogP contribution in [-0.2, 0) is 13.5 Å². The van der Waals surface area contributed by atoms with Crippen molar-refractivity contribution in [2.45, 2.75) is 57.4 Å². The number of aromatic nitrogens is 2. The van der Waals surface area contributed by atoms with Gasteiger partial charge in [-0.1, -0.05) is 0 Å². The van der Waals surface area contributed by atoms with Crippen LogP contribution in [-0.4, -0.2) is 22.9 Å². The Hall–Kier alpha value is -0.830. The highest BCUT2D eigenvalue weighted by Crippen LogP contribution is 2.61. The van der Waals surface area contributed by atoms with Crippen molar-refractivity contribution in [2.24, 2.45) is 30.2 Å². The van der Waals surface area contributed by atoms with Gasteiger partial charge in [0.05, 0.1) is 6.20 Å². The first-order chi connectivity index (χ1) is 10.2. The number of hydrogen-bond donors (Lipinski definition) is 1. The molecule has 0 radical (unpaired) electrons. The third kappa shape index (κ3) is 2.44. The number of nitrogens with zero attached hydrogens (tertiary/aromatic N) is 2. The third-order valence-corrected chi connectivity index (χ3v) is 6.65. The Morgan fingerprint density at radius 2 is 1.86 bits per heavy atom. The molecule has 4 aliphatic carbocycles. The van der Waals surface area contributed by atoms with Gasteiger partial charge in [0, 0.05) is 19.3 Å². The van der Waals surface area contributed by atoms with Gasteiger partial charge < -0.3 is 5.32 Å². The monoisotopic (exact) mass is 287 g/mol. The van der Waals surface area contributed by atoms with E-state index in [0.29, 0.717) is 11.5 Å². The number of aryl methyl sites for hydroxylation is 2. The van der Waals surface area contributed by atoms with E-state index in [9.17, 15) is 0 Å². The largest absolute Gasteiger partial charge is 0.316 e. The summed E-state index contributed by atoms with van der Waals surface area (Å²) in [5, 5.41) is 8.02. The molecule has 116 valence electrons. The van der Waals surface area contributed by atoms with Crippen molar-refractivity contribution in [2.75, 3.05) is 7.05 Å². The zero-order chi connectivity index (χ0) is 14.4. The molecule has 1 unspecified atom stereocenters. The Balaban J connectivity index is 1.47. The molecule has 1 N–H and O–H groups in total. The Morgan fingerprint density at radius 3 is 2.33 bits per heavy atom. The van der Waals surface area contributed by atoms with E-state index in [1.54, 1.807) is 0 Å². The standard InChI is InChI=1S/C18H29N3/c1-19-17(4-3-13-11-20-21(2)12-13)18-8-14-5-15(9-18)7-16(6-14)10-18/h11-12,14-17,19H,3-10H2,1-2H3. The minimum absolute atomic E-state index is 0.617. The predicted octanol–water partition coefficient (Wildman–Crippen LogP) is 3.16. The molecule has 0 saturated heterocycles. The van der Waals surface area contributed by atoms with Crippen molar-refractivity contribution in [1.29, 1.82) is 0 Å². The number of nitrogens with one attached hydrogen (secondary N) is 1. The molecule has 4 bridgehead atoms. The van der Waals surface area contributed by atoms with Crippen LogP contribution in [0.25, 0.3) is 0 Å². The van der Waals surface area contributed by atoms with Crippen LogP contribution in [0, 0.1) is 23.2 Å². The molecule has 21 heavy (non-hydrogen) atoms. The van der Waals surface area contributed by atoms with Gasteiger partial charge in [0.2, 0.25) is 0 Å². The Bertz CT molecular complexity index is 469. The van der Waals surface area contributed by atoms with Crippen LogP contribution in [0.3, 0.4) is 0 Å². The van der Waals surface area contributed by atoms with Gasteiger partial charge in [0.15, 0.2) is 0 Å². The lowest BCUT2D eigenvalue weighted by atomic mass is 9.47. The molecule has 1 atom stereocenters. The van der Waals surface area contributed by atoms with Crippen LogP contribution in [0.2, 0.25) is 0 Å². The smallest absolute Gasteiger partial charge is 0.0521 e. The van der Waals surface area contributed by atoms with Gasteiger partial charge in [-0.3, -0.25) is 4.68 Å². The maximum Gasteiger partial charge on any atom is 0.0521 e. The van der Waals surface area contributed by atoms with E-state index in [1.165, 1.54) is 56.9 Å². The number of hydrogen-bond acceptors (Lipinski definition) is 2. The summed E-state index contributed by atoms with van der Waals surface area (Å²) in [5.74, 6) is 3.14. The highest BCUT2D eigenvalue weighted by Gasteiger charge is 2.53. The van der Waals surface area contributed by atoms with Crippen LogP contribution in [0.15, 0.2) is 12.4 Å². The second-order valence-corrected chi connectivity index (χ2v) is 8.18. The molecule has 5 rings (SSSR count). The van der Waals surface area contributed by atoms with Crippen molar-refractivity contribution in [3.63, 3.8) is 0 Å². The summed E-state index contributed by atoms with van der Waals surface area (Å²) >= 11 is 0. The summed E-state index contributed by atoms with van der Waals surface area (Å²) in [6.07, 6.45) is 15.8. The summed E-state index contributed by atoms with van der Waals surface area (Å²) in [7, 11) is 4.20. The molecule has 3 nitrogen and oxygen atoms in total. The fourth-order valence-corrected chi connectivity index (χ4v) is 6.27. The molecular formula is C18H29N3. The Labute approximate surface area is 128 Å². The van der Waals surface area contributed by atoms with Gasteiger partial charge in [-0.25, -0.2) is 0 Å². The van der Waals surface area contributed by atoms with E-state index in [1.807, 2.05) is 17.9 Å². The number of rotatable bonds is 5. The zero-order valence-electron chi connectivity index (χ0n) is 13.5. The Morgan fingerprint density at radius 1 is 1.24 bits per heavy atom. The first-order valence-electron chi connectivity index (χ1n) is 8.82. The van der Waals surface area contributed by atoms with Crippen LogP contribution in [0.4, 0.5) is 0 Å². The molecule has 4 saturated carbocycles. The quantitative estimate of drug-likeness (QED) is 0.901. The molecule has 4 fully saturated rings. The molecule has 1 heterocycles. The second-order valence-electron chi connectivity index (χ2n) is 8.18. The van der Waals surface area contributed by atoms with Gasteiger partial charge in [-0.15, -0.1) is 0 Å².